The lowest BCUT2D eigenvalue weighted by atomic mass is 9.99. The predicted molar refractivity (Wildman–Crippen MR) is 99.9 cm³/mol. The van der Waals surface area contributed by atoms with Crippen molar-refractivity contribution in [1.29, 1.82) is 0 Å². The predicted octanol–water partition coefficient (Wildman–Crippen LogP) is 3.83. The van der Waals surface area contributed by atoms with Crippen LogP contribution >= 0.6 is 0 Å². The van der Waals surface area contributed by atoms with Crippen LogP contribution in [0.2, 0.25) is 0 Å². The molecule has 0 unspecified atom stereocenters. The number of carbonyl (C=O) groups is 1. The normalized spacial score (nSPS) is 16.3. The molecule has 1 heterocycles. The van der Waals surface area contributed by atoms with Gasteiger partial charge in [-0.25, -0.2) is 0 Å². The minimum Gasteiger partial charge on any atom is -0.314 e. The summed E-state index contributed by atoms with van der Waals surface area (Å²) in [6, 6.07) is 20.2. The van der Waals surface area contributed by atoms with Gasteiger partial charge in [-0.15, -0.1) is 0 Å². The molecule has 1 amide bonds. The molecule has 3 nitrogen and oxygen atoms in total. The molecule has 0 saturated carbocycles. The molecule has 24 heavy (non-hydrogen) atoms. The van der Waals surface area contributed by atoms with E-state index in [1.54, 1.807) is 4.90 Å². The summed E-state index contributed by atoms with van der Waals surface area (Å²) in [4.78, 5) is 16.8. The van der Waals surface area contributed by atoms with Gasteiger partial charge >= 0.3 is 0 Å². The zero-order chi connectivity index (χ0) is 16.9. The molecule has 0 aromatic heterocycles. The van der Waals surface area contributed by atoms with E-state index in [0.717, 1.165) is 25.2 Å². The highest BCUT2D eigenvalue weighted by molar-refractivity contribution is 5.96. The second kappa shape index (κ2) is 7.45. The highest BCUT2D eigenvalue weighted by Gasteiger charge is 2.26. The lowest BCUT2D eigenvalue weighted by Gasteiger charge is -2.33. The first-order valence-corrected chi connectivity index (χ1v) is 8.48. The molecule has 0 bridgehead atoms. The summed E-state index contributed by atoms with van der Waals surface area (Å²) in [6.07, 6.45) is 3.24. The third-order valence-electron chi connectivity index (χ3n) is 4.76. The van der Waals surface area contributed by atoms with Gasteiger partial charge in [-0.1, -0.05) is 54.6 Å². The number of amides is 1. The first kappa shape index (κ1) is 16.5. The van der Waals surface area contributed by atoms with Crippen LogP contribution in [0.1, 0.15) is 18.9 Å². The average molecular weight is 320 g/mol. The summed E-state index contributed by atoms with van der Waals surface area (Å²) in [5, 5.41) is 0. The van der Waals surface area contributed by atoms with Gasteiger partial charge in [0.25, 0.3) is 0 Å². The molecule has 3 heteroatoms. The summed E-state index contributed by atoms with van der Waals surface area (Å²) in [5.74, 6) is 0.137. The third kappa shape index (κ3) is 3.57. The van der Waals surface area contributed by atoms with Crippen molar-refractivity contribution in [3.8, 4) is 0 Å². The fraction of sp³-hybridized carbons (Fsp3) is 0.286. The van der Waals surface area contributed by atoms with E-state index in [1.807, 2.05) is 50.4 Å². The van der Waals surface area contributed by atoms with Crippen LogP contribution in [0.15, 0.2) is 66.7 Å². The number of para-hydroxylation sites is 1. The van der Waals surface area contributed by atoms with Crippen LogP contribution in [0.25, 0.3) is 5.57 Å². The lowest BCUT2D eigenvalue weighted by molar-refractivity contribution is -0.122. The Kier molecular flexibility index (Phi) is 5.11. The zero-order valence-electron chi connectivity index (χ0n) is 14.4. The maximum Gasteiger partial charge on any atom is 0.243 e. The number of nitrogens with zero attached hydrogens (tertiary/aromatic N) is 2. The highest BCUT2D eigenvalue weighted by Crippen LogP contribution is 2.23. The van der Waals surface area contributed by atoms with Crippen LogP contribution in [0.4, 0.5) is 5.69 Å². The number of hydrogen-bond donors (Lipinski definition) is 0. The number of benzene rings is 2. The molecule has 0 spiro atoms. The van der Waals surface area contributed by atoms with Gasteiger partial charge in [0.05, 0.1) is 6.04 Å². The second-order valence-corrected chi connectivity index (χ2v) is 6.25. The molecular weight excluding hydrogens is 296 g/mol. The monoisotopic (exact) mass is 320 g/mol. The van der Waals surface area contributed by atoms with Crippen molar-refractivity contribution in [2.45, 2.75) is 19.4 Å². The van der Waals surface area contributed by atoms with E-state index in [1.165, 1.54) is 11.1 Å². The molecule has 0 aliphatic carbocycles. The maximum absolute atomic E-state index is 12.8. The smallest absolute Gasteiger partial charge is 0.243 e. The molecule has 3 rings (SSSR count). The first-order valence-electron chi connectivity index (χ1n) is 8.48. The molecule has 0 N–H and O–H groups in total. The van der Waals surface area contributed by atoms with Gasteiger partial charge in [0.2, 0.25) is 5.91 Å². The molecule has 1 aliphatic rings. The van der Waals surface area contributed by atoms with Crippen molar-refractivity contribution in [1.82, 2.24) is 4.90 Å². The van der Waals surface area contributed by atoms with Crippen LogP contribution in [0.5, 0.6) is 0 Å². The largest absolute Gasteiger partial charge is 0.314 e. The summed E-state index contributed by atoms with van der Waals surface area (Å²) < 4.78 is 0. The van der Waals surface area contributed by atoms with Crippen molar-refractivity contribution in [3.05, 3.63) is 72.3 Å². The standard InChI is InChI=1S/C21H24N2O/c1-17(21(24)22(2)20-11-7-4-8-12-20)23-15-13-19(14-16-23)18-9-5-3-6-10-18/h3-13,17H,14-16H2,1-2H3/t17-/m0/s1. The average Bonchev–Trinajstić information content (AvgIpc) is 2.68. The summed E-state index contributed by atoms with van der Waals surface area (Å²) in [6.45, 7) is 3.74. The van der Waals surface area contributed by atoms with Gasteiger partial charge in [-0.05, 0) is 36.6 Å². The summed E-state index contributed by atoms with van der Waals surface area (Å²) in [7, 11) is 1.85. The topological polar surface area (TPSA) is 23.6 Å². The van der Waals surface area contributed by atoms with Crippen molar-refractivity contribution in [3.63, 3.8) is 0 Å². The van der Waals surface area contributed by atoms with Crippen LogP contribution in [0, 0.1) is 0 Å². The van der Waals surface area contributed by atoms with E-state index in [-0.39, 0.29) is 11.9 Å². The summed E-state index contributed by atoms with van der Waals surface area (Å²) >= 11 is 0. The fourth-order valence-electron chi connectivity index (χ4n) is 3.17. The number of likely N-dealkylation sites (N-methyl/N-ethyl adjacent to an activating group) is 1. The lowest BCUT2D eigenvalue weighted by Crippen LogP contribution is -2.47. The Bertz CT molecular complexity index is 709. The molecular formula is C21H24N2O. The number of carbonyl (C=O) groups excluding carboxylic acids is 1. The second-order valence-electron chi connectivity index (χ2n) is 6.25. The molecule has 124 valence electrons. The van der Waals surface area contributed by atoms with E-state index in [2.05, 4.69) is 35.2 Å². The molecule has 1 atom stereocenters. The van der Waals surface area contributed by atoms with Gasteiger partial charge in [-0.3, -0.25) is 9.69 Å². The first-order chi connectivity index (χ1) is 11.7. The van der Waals surface area contributed by atoms with Gasteiger partial charge in [0.1, 0.15) is 0 Å². The maximum atomic E-state index is 12.8. The SMILES string of the molecule is C[C@@H](C(=O)N(C)c1ccccc1)N1CC=C(c2ccccc2)CC1. The molecule has 1 aliphatic heterocycles. The Hall–Kier alpha value is -2.39. The van der Waals surface area contributed by atoms with Crippen molar-refractivity contribution in [2.24, 2.45) is 0 Å². The Morgan fingerprint density at radius 3 is 2.25 bits per heavy atom. The van der Waals surface area contributed by atoms with Crippen LogP contribution in [0.3, 0.4) is 0 Å². The van der Waals surface area contributed by atoms with E-state index in [0.29, 0.717) is 0 Å². The van der Waals surface area contributed by atoms with Crippen LogP contribution < -0.4 is 4.90 Å². The van der Waals surface area contributed by atoms with Gasteiger partial charge in [-0.2, -0.15) is 0 Å². The Balaban J connectivity index is 1.65. The number of rotatable bonds is 4. The zero-order valence-corrected chi connectivity index (χ0v) is 14.4. The molecule has 0 fully saturated rings. The van der Waals surface area contributed by atoms with Crippen LogP contribution in [-0.2, 0) is 4.79 Å². The highest BCUT2D eigenvalue weighted by atomic mass is 16.2. The van der Waals surface area contributed by atoms with Gasteiger partial charge in [0, 0.05) is 25.8 Å². The molecule has 2 aromatic carbocycles. The molecule has 2 aromatic rings. The van der Waals surface area contributed by atoms with Crippen molar-refractivity contribution < 1.29 is 4.79 Å². The fourth-order valence-corrected chi connectivity index (χ4v) is 3.17. The third-order valence-corrected chi connectivity index (χ3v) is 4.76. The Morgan fingerprint density at radius 1 is 1.04 bits per heavy atom. The minimum absolute atomic E-state index is 0.122. The Labute approximate surface area is 144 Å². The van der Waals surface area contributed by atoms with E-state index >= 15 is 0 Å². The molecule has 0 saturated heterocycles. The number of anilines is 1. The minimum atomic E-state index is -0.122. The van der Waals surface area contributed by atoms with Gasteiger partial charge in [0.15, 0.2) is 0 Å². The quantitative estimate of drug-likeness (QED) is 0.855. The van der Waals surface area contributed by atoms with E-state index < -0.39 is 0 Å². The van der Waals surface area contributed by atoms with Crippen molar-refractivity contribution in [2.75, 3.05) is 25.0 Å². The van der Waals surface area contributed by atoms with Crippen LogP contribution in [-0.4, -0.2) is 37.0 Å². The summed E-state index contributed by atoms with van der Waals surface area (Å²) in [5.41, 5.74) is 3.60. The van der Waals surface area contributed by atoms with E-state index in [9.17, 15) is 4.79 Å². The van der Waals surface area contributed by atoms with Crippen molar-refractivity contribution >= 4 is 17.2 Å². The van der Waals surface area contributed by atoms with Gasteiger partial charge < -0.3 is 4.90 Å². The number of hydrogen-bond acceptors (Lipinski definition) is 2. The van der Waals surface area contributed by atoms with E-state index in [4.69, 9.17) is 0 Å². The Morgan fingerprint density at radius 2 is 1.67 bits per heavy atom. The molecule has 0 radical (unpaired) electrons.